The van der Waals surface area contributed by atoms with Gasteiger partial charge in [0.1, 0.15) is 5.88 Å². The van der Waals surface area contributed by atoms with Crippen molar-refractivity contribution in [3.05, 3.63) is 24.3 Å². The molecule has 8 heteroatoms. The summed E-state index contributed by atoms with van der Waals surface area (Å²) >= 11 is 0. The van der Waals surface area contributed by atoms with Crippen molar-refractivity contribution >= 4 is 27.5 Å². The lowest BCUT2D eigenvalue weighted by Crippen LogP contribution is -2.33. The molecule has 0 saturated carbocycles. The smallest absolute Gasteiger partial charge is 0.320 e. The molecule has 0 aliphatic carbocycles. The number of nitrogens with one attached hydrogen (secondary N) is 2. The SMILES string of the molecule is Nc1ccc(NC(=O)NCS(=O)(=O)O)cc1. The van der Waals surface area contributed by atoms with Crippen LogP contribution in [0.2, 0.25) is 0 Å². The molecule has 0 spiro atoms. The number of anilines is 2. The molecule has 0 atom stereocenters. The molecular formula is C8H11N3O4S. The fourth-order valence-electron chi connectivity index (χ4n) is 0.898. The van der Waals surface area contributed by atoms with Crippen molar-refractivity contribution in [3.63, 3.8) is 0 Å². The van der Waals surface area contributed by atoms with E-state index in [1.807, 2.05) is 5.32 Å². The molecule has 0 heterocycles. The lowest BCUT2D eigenvalue weighted by Gasteiger charge is -2.06. The number of rotatable bonds is 3. The Labute approximate surface area is 92.4 Å². The van der Waals surface area contributed by atoms with Gasteiger partial charge in [-0.15, -0.1) is 0 Å². The molecule has 0 radical (unpaired) electrons. The van der Waals surface area contributed by atoms with Gasteiger partial charge in [0.2, 0.25) is 0 Å². The Morgan fingerprint density at radius 1 is 1.31 bits per heavy atom. The summed E-state index contributed by atoms with van der Waals surface area (Å²) < 4.78 is 29.0. The highest BCUT2D eigenvalue weighted by molar-refractivity contribution is 7.85. The van der Waals surface area contributed by atoms with E-state index in [0.717, 1.165) is 0 Å². The number of nitrogens with two attached hydrogens (primary N) is 1. The molecule has 0 fully saturated rings. The second-order valence-corrected chi connectivity index (χ2v) is 4.43. The normalized spacial score (nSPS) is 10.8. The van der Waals surface area contributed by atoms with Gasteiger partial charge >= 0.3 is 6.03 Å². The Morgan fingerprint density at radius 3 is 2.38 bits per heavy atom. The summed E-state index contributed by atoms with van der Waals surface area (Å²) in [5.74, 6) is -0.839. The third-order valence-electron chi connectivity index (χ3n) is 1.58. The lowest BCUT2D eigenvalue weighted by molar-refractivity contribution is 0.253. The van der Waals surface area contributed by atoms with Crippen LogP contribution in [0.15, 0.2) is 24.3 Å². The molecule has 7 nitrogen and oxygen atoms in total. The molecule has 0 aromatic heterocycles. The molecule has 0 aliphatic rings. The monoisotopic (exact) mass is 245 g/mol. The van der Waals surface area contributed by atoms with Crippen molar-refractivity contribution in [2.24, 2.45) is 0 Å². The predicted molar refractivity (Wildman–Crippen MR) is 59.4 cm³/mol. The molecule has 0 bridgehead atoms. The third kappa shape index (κ3) is 4.62. The van der Waals surface area contributed by atoms with Gasteiger partial charge in [-0.25, -0.2) is 4.79 Å². The molecule has 16 heavy (non-hydrogen) atoms. The molecule has 1 aromatic carbocycles. The van der Waals surface area contributed by atoms with E-state index in [1.54, 1.807) is 24.3 Å². The van der Waals surface area contributed by atoms with Crippen LogP contribution in [-0.4, -0.2) is 24.9 Å². The average molecular weight is 245 g/mol. The Balaban J connectivity index is 2.49. The molecule has 0 aliphatic heterocycles. The number of urea groups is 1. The van der Waals surface area contributed by atoms with Crippen LogP contribution in [0.1, 0.15) is 0 Å². The van der Waals surface area contributed by atoms with Crippen LogP contribution < -0.4 is 16.4 Å². The van der Waals surface area contributed by atoms with Crippen molar-refractivity contribution in [3.8, 4) is 0 Å². The first-order valence-electron chi connectivity index (χ1n) is 4.22. The molecule has 0 unspecified atom stereocenters. The van der Waals surface area contributed by atoms with E-state index in [2.05, 4.69) is 5.32 Å². The zero-order valence-corrected chi connectivity index (χ0v) is 8.99. The van der Waals surface area contributed by atoms with Gasteiger partial charge in [0.05, 0.1) is 0 Å². The first kappa shape index (κ1) is 12.3. The number of carbonyl (C=O) groups excluding carboxylic acids is 1. The summed E-state index contributed by atoms with van der Waals surface area (Å²) in [6.07, 6.45) is 0. The number of hydrogen-bond donors (Lipinski definition) is 4. The molecule has 0 saturated heterocycles. The van der Waals surface area contributed by atoms with Gasteiger partial charge in [-0.3, -0.25) is 4.55 Å². The highest BCUT2D eigenvalue weighted by Crippen LogP contribution is 2.09. The van der Waals surface area contributed by atoms with E-state index in [4.69, 9.17) is 10.3 Å². The minimum absolute atomic E-state index is 0.460. The van der Waals surface area contributed by atoms with Crippen LogP contribution in [0.25, 0.3) is 0 Å². The minimum Gasteiger partial charge on any atom is -0.399 e. The van der Waals surface area contributed by atoms with Crippen LogP contribution in [0.5, 0.6) is 0 Å². The van der Waals surface area contributed by atoms with Crippen LogP contribution in [0, 0.1) is 0 Å². The van der Waals surface area contributed by atoms with Crippen LogP contribution in [0.4, 0.5) is 16.2 Å². The van der Waals surface area contributed by atoms with Crippen molar-refractivity contribution < 1.29 is 17.8 Å². The van der Waals surface area contributed by atoms with Gasteiger partial charge in [0.25, 0.3) is 10.1 Å². The van der Waals surface area contributed by atoms with Crippen molar-refractivity contribution in [1.82, 2.24) is 5.32 Å². The quantitative estimate of drug-likeness (QED) is 0.448. The summed E-state index contributed by atoms with van der Waals surface area (Å²) in [5.41, 5.74) is 6.44. The van der Waals surface area contributed by atoms with E-state index >= 15 is 0 Å². The predicted octanol–water partition coefficient (Wildman–Crippen LogP) is 0.236. The highest BCUT2D eigenvalue weighted by Gasteiger charge is 2.07. The van der Waals surface area contributed by atoms with Crippen molar-refractivity contribution in [2.45, 2.75) is 0 Å². The van der Waals surface area contributed by atoms with E-state index in [1.165, 1.54) is 0 Å². The molecule has 1 rings (SSSR count). The molecular weight excluding hydrogens is 234 g/mol. The zero-order valence-electron chi connectivity index (χ0n) is 8.17. The van der Waals surface area contributed by atoms with E-state index in [-0.39, 0.29) is 0 Å². The molecule has 5 N–H and O–H groups in total. The summed E-state index contributed by atoms with van der Waals surface area (Å²) in [7, 11) is -4.21. The summed E-state index contributed by atoms with van der Waals surface area (Å²) in [4.78, 5) is 11.1. The molecule has 2 amide bonds. The number of nitrogen functional groups attached to an aromatic ring is 1. The van der Waals surface area contributed by atoms with E-state index < -0.39 is 22.0 Å². The van der Waals surface area contributed by atoms with Crippen molar-refractivity contribution in [2.75, 3.05) is 16.9 Å². The fraction of sp³-hybridized carbons (Fsp3) is 0.125. The highest BCUT2D eigenvalue weighted by atomic mass is 32.2. The Bertz CT molecular complexity index is 469. The fourth-order valence-corrected chi connectivity index (χ4v) is 1.21. The van der Waals surface area contributed by atoms with Crippen LogP contribution >= 0.6 is 0 Å². The lowest BCUT2D eigenvalue weighted by atomic mass is 10.3. The maximum absolute atomic E-state index is 11.1. The summed E-state index contributed by atoms with van der Waals surface area (Å²) in [6.45, 7) is 0. The number of amides is 2. The van der Waals surface area contributed by atoms with Crippen molar-refractivity contribution in [1.29, 1.82) is 0 Å². The number of hydrogen-bond acceptors (Lipinski definition) is 4. The summed E-state index contributed by atoms with van der Waals surface area (Å²) in [5, 5.41) is 4.33. The molecule has 1 aromatic rings. The number of benzene rings is 1. The Kier molecular flexibility index (Phi) is 3.69. The van der Waals surface area contributed by atoms with Crippen LogP contribution in [0.3, 0.4) is 0 Å². The van der Waals surface area contributed by atoms with Crippen LogP contribution in [-0.2, 0) is 10.1 Å². The zero-order chi connectivity index (χ0) is 12.2. The van der Waals surface area contributed by atoms with E-state index in [0.29, 0.717) is 11.4 Å². The average Bonchev–Trinajstić information content (AvgIpc) is 2.18. The largest absolute Gasteiger partial charge is 0.399 e. The first-order chi connectivity index (χ1) is 7.37. The molecule has 88 valence electrons. The second-order valence-electron chi connectivity index (χ2n) is 2.98. The van der Waals surface area contributed by atoms with E-state index in [9.17, 15) is 13.2 Å². The second kappa shape index (κ2) is 4.81. The Hall–Kier alpha value is -1.80. The van der Waals surface area contributed by atoms with Gasteiger partial charge < -0.3 is 16.4 Å². The van der Waals surface area contributed by atoms with Gasteiger partial charge in [-0.2, -0.15) is 8.42 Å². The van der Waals surface area contributed by atoms with Gasteiger partial charge in [-0.05, 0) is 24.3 Å². The first-order valence-corrected chi connectivity index (χ1v) is 5.83. The third-order valence-corrected chi connectivity index (χ3v) is 2.09. The maximum atomic E-state index is 11.1. The Morgan fingerprint density at radius 2 is 1.88 bits per heavy atom. The van der Waals surface area contributed by atoms with Gasteiger partial charge in [0, 0.05) is 11.4 Å². The number of carbonyl (C=O) groups is 1. The maximum Gasteiger partial charge on any atom is 0.320 e. The topological polar surface area (TPSA) is 122 Å². The standard InChI is InChI=1S/C8H11N3O4S/c9-6-1-3-7(4-2-6)11-8(12)10-5-16(13,14)15/h1-4H,5,9H2,(H2,10,11,12)(H,13,14,15). The van der Waals surface area contributed by atoms with Gasteiger partial charge in [0.15, 0.2) is 0 Å². The summed E-state index contributed by atoms with van der Waals surface area (Å²) in [6, 6.07) is 5.55. The van der Waals surface area contributed by atoms with Gasteiger partial charge in [-0.1, -0.05) is 0 Å². The minimum atomic E-state index is -4.21.